The van der Waals surface area contributed by atoms with E-state index in [2.05, 4.69) is 16.1 Å². The molecular formula is C13H14ClN3O2S. The first kappa shape index (κ1) is 13.6. The van der Waals surface area contributed by atoms with Crippen molar-refractivity contribution in [2.45, 2.75) is 6.10 Å². The first-order valence-electron chi connectivity index (χ1n) is 6.28. The number of halogens is 1. The van der Waals surface area contributed by atoms with Gasteiger partial charge in [-0.25, -0.2) is 4.68 Å². The average Bonchev–Trinajstić information content (AvgIpc) is 2.99. The lowest BCUT2D eigenvalue weighted by Crippen LogP contribution is -2.39. The van der Waals surface area contributed by atoms with Crippen LogP contribution < -0.4 is 10.5 Å². The third-order valence-corrected chi connectivity index (χ3v) is 4.65. The molecule has 1 saturated heterocycles. The third-order valence-electron chi connectivity index (χ3n) is 3.33. The van der Waals surface area contributed by atoms with E-state index in [1.165, 1.54) is 9.56 Å². The number of ether oxygens (including phenoxy) is 1. The van der Waals surface area contributed by atoms with E-state index in [0.717, 1.165) is 0 Å². The molecule has 1 aliphatic rings. The van der Waals surface area contributed by atoms with Crippen molar-refractivity contribution in [2.75, 3.05) is 24.6 Å². The lowest BCUT2D eigenvalue weighted by Gasteiger charge is -2.34. The van der Waals surface area contributed by atoms with Crippen molar-refractivity contribution in [3.8, 4) is 0 Å². The van der Waals surface area contributed by atoms with Crippen LogP contribution in [0.3, 0.4) is 0 Å². The molecule has 106 valence electrons. The van der Waals surface area contributed by atoms with Crippen LogP contribution in [0, 0.1) is 0 Å². The number of nitrogens with zero attached hydrogens (tertiary/aromatic N) is 3. The summed E-state index contributed by atoms with van der Waals surface area (Å²) in [6.45, 7) is 1.99. The van der Waals surface area contributed by atoms with Gasteiger partial charge >= 0.3 is 0 Å². The van der Waals surface area contributed by atoms with Gasteiger partial charge in [0.2, 0.25) is 0 Å². The molecule has 0 bridgehead atoms. The van der Waals surface area contributed by atoms with E-state index in [4.69, 9.17) is 16.3 Å². The number of thiophene rings is 1. The van der Waals surface area contributed by atoms with Crippen molar-refractivity contribution in [1.29, 1.82) is 0 Å². The average molecular weight is 312 g/mol. The van der Waals surface area contributed by atoms with Crippen LogP contribution in [0.2, 0.25) is 5.02 Å². The van der Waals surface area contributed by atoms with Gasteiger partial charge < -0.3 is 9.64 Å². The van der Waals surface area contributed by atoms with Gasteiger partial charge in [-0.2, -0.15) is 5.10 Å². The molecule has 2 aromatic rings. The monoisotopic (exact) mass is 311 g/mol. The number of morpholine rings is 1. The molecule has 0 saturated carbocycles. The molecule has 3 heterocycles. The van der Waals surface area contributed by atoms with Crippen molar-refractivity contribution >= 4 is 28.6 Å². The summed E-state index contributed by atoms with van der Waals surface area (Å²) in [4.78, 5) is 15.1. The Morgan fingerprint density at radius 2 is 2.40 bits per heavy atom. The van der Waals surface area contributed by atoms with Gasteiger partial charge in [0, 0.05) is 25.0 Å². The van der Waals surface area contributed by atoms with Crippen LogP contribution in [0.4, 0.5) is 5.69 Å². The van der Waals surface area contributed by atoms with E-state index < -0.39 is 0 Å². The third kappa shape index (κ3) is 2.46. The highest BCUT2D eigenvalue weighted by atomic mass is 35.5. The number of hydrogen-bond donors (Lipinski definition) is 0. The first-order valence-corrected chi connectivity index (χ1v) is 7.54. The molecule has 7 heteroatoms. The maximum Gasteiger partial charge on any atom is 0.287 e. The summed E-state index contributed by atoms with van der Waals surface area (Å²) in [6.07, 6.45) is 1.66. The summed E-state index contributed by atoms with van der Waals surface area (Å²) in [5.74, 6) is 0. The van der Waals surface area contributed by atoms with Crippen molar-refractivity contribution in [3.05, 3.63) is 44.0 Å². The van der Waals surface area contributed by atoms with Crippen LogP contribution in [-0.2, 0) is 11.8 Å². The van der Waals surface area contributed by atoms with Crippen molar-refractivity contribution in [2.24, 2.45) is 7.05 Å². The van der Waals surface area contributed by atoms with Crippen LogP contribution in [0.1, 0.15) is 11.0 Å². The molecule has 1 fully saturated rings. The normalized spacial score (nSPS) is 19.3. The van der Waals surface area contributed by atoms with Gasteiger partial charge in [-0.15, -0.1) is 11.3 Å². The Bertz CT molecular complexity index is 656. The van der Waals surface area contributed by atoms with Crippen LogP contribution in [-0.4, -0.2) is 29.5 Å². The minimum Gasteiger partial charge on any atom is -0.369 e. The molecule has 3 rings (SSSR count). The van der Waals surface area contributed by atoms with E-state index in [1.54, 1.807) is 24.6 Å². The van der Waals surface area contributed by atoms with E-state index in [1.807, 2.05) is 11.4 Å². The Morgan fingerprint density at radius 3 is 3.15 bits per heavy atom. The maximum absolute atomic E-state index is 11.9. The number of aromatic nitrogens is 2. The Morgan fingerprint density at radius 1 is 1.55 bits per heavy atom. The first-order chi connectivity index (χ1) is 9.66. The lowest BCUT2D eigenvalue weighted by molar-refractivity contribution is 0.0421. The molecular weight excluding hydrogens is 298 g/mol. The fourth-order valence-corrected chi connectivity index (χ4v) is 3.29. The highest BCUT2D eigenvalue weighted by Crippen LogP contribution is 2.30. The molecule has 1 unspecified atom stereocenters. The molecule has 0 spiro atoms. The topological polar surface area (TPSA) is 47.4 Å². The Balaban J connectivity index is 1.87. The summed E-state index contributed by atoms with van der Waals surface area (Å²) < 4.78 is 7.03. The predicted molar refractivity (Wildman–Crippen MR) is 79.7 cm³/mol. The van der Waals surface area contributed by atoms with E-state index >= 15 is 0 Å². The Hall–Kier alpha value is -1.37. The largest absolute Gasteiger partial charge is 0.369 e. The summed E-state index contributed by atoms with van der Waals surface area (Å²) in [6, 6.07) is 4.07. The Labute approximate surface area is 125 Å². The second-order valence-corrected chi connectivity index (χ2v) is 5.95. The fourth-order valence-electron chi connectivity index (χ4n) is 2.24. The van der Waals surface area contributed by atoms with Crippen LogP contribution in [0.5, 0.6) is 0 Å². The molecule has 1 aliphatic heterocycles. The standard InChI is InChI=1S/C13H14ClN3O2S/c1-16-13(18)12(14)9(7-15-16)17-4-5-19-10(8-17)11-3-2-6-20-11/h2-3,6-7,10H,4-5,8H2,1H3. The van der Waals surface area contributed by atoms with Gasteiger partial charge in [0.25, 0.3) is 5.56 Å². The number of anilines is 1. The van der Waals surface area contributed by atoms with Crippen molar-refractivity contribution in [3.63, 3.8) is 0 Å². The summed E-state index contributed by atoms with van der Waals surface area (Å²) >= 11 is 7.82. The predicted octanol–water partition coefficient (Wildman–Crippen LogP) is 2.07. The minimum atomic E-state index is -0.275. The van der Waals surface area contributed by atoms with Gasteiger partial charge in [0.05, 0.1) is 18.5 Å². The molecule has 5 nitrogen and oxygen atoms in total. The zero-order valence-corrected chi connectivity index (χ0v) is 12.5. The summed E-state index contributed by atoms with van der Waals surface area (Å²) in [5, 5.41) is 6.29. The molecule has 0 amide bonds. The molecule has 1 atom stereocenters. The Kier molecular flexibility index (Phi) is 3.78. The number of rotatable bonds is 2. The molecule has 0 aromatic carbocycles. The highest BCUT2D eigenvalue weighted by molar-refractivity contribution is 7.10. The minimum absolute atomic E-state index is 0.0175. The zero-order chi connectivity index (χ0) is 14.1. The van der Waals surface area contributed by atoms with Gasteiger partial charge in [0.1, 0.15) is 11.1 Å². The second-order valence-electron chi connectivity index (χ2n) is 4.59. The number of aryl methyl sites for hydroxylation is 1. The number of hydrogen-bond acceptors (Lipinski definition) is 5. The highest BCUT2D eigenvalue weighted by Gasteiger charge is 2.25. The summed E-state index contributed by atoms with van der Waals surface area (Å²) in [7, 11) is 1.59. The van der Waals surface area contributed by atoms with Crippen molar-refractivity contribution in [1.82, 2.24) is 9.78 Å². The van der Waals surface area contributed by atoms with E-state index in [-0.39, 0.29) is 16.7 Å². The second kappa shape index (κ2) is 5.55. The van der Waals surface area contributed by atoms with E-state index in [9.17, 15) is 4.79 Å². The summed E-state index contributed by atoms with van der Waals surface area (Å²) in [5.41, 5.74) is 0.406. The fraction of sp³-hybridized carbons (Fsp3) is 0.385. The van der Waals surface area contributed by atoms with E-state index in [0.29, 0.717) is 25.4 Å². The molecule has 2 aromatic heterocycles. The van der Waals surface area contributed by atoms with Crippen molar-refractivity contribution < 1.29 is 4.74 Å². The SMILES string of the molecule is Cn1ncc(N2CCOC(c3cccs3)C2)c(Cl)c1=O. The quantitative estimate of drug-likeness (QED) is 0.852. The molecule has 0 N–H and O–H groups in total. The molecule has 0 radical (unpaired) electrons. The van der Waals surface area contributed by atoms with Gasteiger partial charge in [0.15, 0.2) is 0 Å². The van der Waals surface area contributed by atoms with Crippen LogP contribution >= 0.6 is 22.9 Å². The lowest BCUT2D eigenvalue weighted by atomic mass is 10.2. The molecule has 20 heavy (non-hydrogen) atoms. The van der Waals surface area contributed by atoms with Gasteiger partial charge in [-0.1, -0.05) is 17.7 Å². The zero-order valence-electron chi connectivity index (χ0n) is 11.0. The van der Waals surface area contributed by atoms with Crippen LogP contribution in [0.15, 0.2) is 28.5 Å². The molecule has 0 aliphatic carbocycles. The maximum atomic E-state index is 11.9. The van der Waals surface area contributed by atoms with Gasteiger partial charge in [-0.3, -0.25) is 4.79 Å². The van der Waals surface area contributed by atoms with Crippen LogP contribution in [0.25, 0.3) is 0 Å². The van der Waals surface area contributed by atoms with Gasteiger partial charge in [-0.05, 0) is 11.4 Å². The smallest absolute Gasteiger partial charge is 0.287 e.